The summed E-state index contributed by atoms with van der Waals surface area (Å²) in [4.78, 5) is 41.4. The maximum atomic E-state index is 14.3. The maximum absolute atomic E-state index is 14.3. The monoisotopic (exact) mass is 588 g/mol. The van der Waals surface area contributed by atoms with Crippen LogP contribution in [0.3, 0.4) is 0 Å². The van der Waals surface area contributed by atoms with E-state index in [1.165, 1.54) is 0 Å². The molecule has 5 nitrogen and oxygen atoms in total. The molecule has 0 saturated heterocycles. The number of rotatable bonds is 2. The summed E-state index contributed by atoms with van der Waals surface area (Å²) >= 11 is 0. The number of ketones is 2. The predicted molar refractivity (Wildman–Crippen MR) is 153 cm³/mol. The number of alkyl halides is 3. The number of Topliss-reactive ketones (excluding diaryl/α,β-unsaturated/α-hetero) is 2. The number of carbonyl (C=O) groups excluding carboxylic acids is 3. The summed E-state index contributed by atoms with van der Waals surface area (Å²) in [6, 6.07) is 2.15. The van der Waals surface area contributed by atoms with Crippen LogP contribution in [0.1, 0.15) is 106 Å². The van der Waals surface area contributed by atoms with E-state index in [2.05, 4.69) is 46.0 Å². The molecule has 4 unspecified atom stereocenters. The highest BCUT2D eigenvalue weighted by Crippen LogP contribution is 2.73. The van der Waals surface area contributed by atoms with Crippen LogP contribution in [0.15, 0.2) is 11.6 Å². The second-order valence-corrected chi connectivity index (χ2v) is 16.5. The van der Waals surface area contributed by atoms with Gasteiger partial charge in [-0.2, -0.15) is 18.4 Å². The van der Waals surface area contributed by atoms with Crippen LogP contribution in [-0.4, -0.2) is 30.2 Å². The van der Waals surface area contributed by atoms with Crippen LogP contribution in [0.25, 0.3) is 0 Å². The van der Waals surface area contributed by atoms with Crippen molar-refractivity contribution in [2.75, 3.05) is 6.54 Å². The van der Waals surface area contributed by atoms with Crippen LogP contribution in [0.2, 0.25) is 0 Å². The van der Waals surface area contributed by atoms with Gasteiger partial charge < -0.3 is 5.32 Å². The van der Waals surface area contributed by atoms with Crippen LogP contribution < -0.4 is 5.32 Å². The van der Waals surface area contributed by atoms with Gasteiger partial charge in [-0.25, -0.2) is 0 Å². The van der Waals surface area contributed by atoms with Gasteiger partial charge in [0.05, 0.1) is 11.0 Å². The van der Waals surface area contributed by atoms with Crippen molar-refractivity contribution in [2.24, 2.45) is 56.2 Å². The van der Waals surface area contributed by atoms with Gasteiger partial charge in [0.1, 0.15) is 18.4 Å². The number of nitriles is 1. The largest absolute Gasteiger partial charge is 0.405 e. The highest BCUT2D eigenvalue weighted by Gasteiger charge is 2.70. The minimum absolute atomic E-state index is 0.00530. The van der Waals surface area contributed by atoms with Crippen molar-refractivity contribution in [1.29, 1.82) is 5.26 Å². The first-order valence-corrected chi connectivity index (χ1v) is 15.7. The van der Waals surface area contributed by atoms with Gasteiger partial charge in [-0.1, -0.05) is 54.5 Å². The van der Waals surface area contributed by atoms with Gasteiger partial charge in [0.25, 0.3) is 0 Å². The Kier molecular flexibility index (Phi) is 7.01. The van der Waals surface area contributed by atoms with Crippen LogP contribution >= 0.6 is 0 Å². The molecule has 5 aliphatic carbocycles. The number of halogens is 3. The molecule has 5 rings (SSSR count). The highest BCUT2D eigenvalue weighted by molar-refractivity contribution is 6.04. The Morgan fingerprint density at radius 3 is 2.24 bits per heavy atom. The summed E-state index contributed by atoms with van der Waals surface area (Å²) in [5.41, 5.74) is -2.83. The van der Waals surface area contributed by atoms with E-state index in [4.69, 9.17) is 0 Å². The Bertz CT molecular complexity index is 1280. The number of nitrogens with one attached hydrogen (secondary N) is 1. The van der Waals surface area contributed by atoms with Crippen molar-refractivity contribution in [3.05, 3.63) is 11.6 Å². The standard InChI is InChI=1S/C34H47F3N2O3/c1-28(2)10-12-33(27(42)39-19-34(35,36)37)13-11-31(6)22(14-21(33)17-28)23(40)15-25-30(5)16-20(18-38)26(41)29(3,4)24(30)8-9-32(25,31)7/h16,21-22,24-25H,8-15,17,19H2,1-7H3,(H,39,42)/t21?,22?,24?,25?,30-,31+,32+,33-/m0/s1. The van der Waals surface area contributed by atoms with Gasteiger partial charge >= 0.3 is 6.18 Å². The lowest BCUT2D eigenvalue weighted by Crippen LogP contribution is -2.64. The summed E-state index contributed by atoms with van der Waals surface area (Å²) in [6.45, 7) is 13.4. The molecule has 0 aliphatic heterocycles. The molecular formula is C34H47F3N2O3. The van der Waals surface area contributed by atoms with Gasteiger partial charge in [0, 0.05) is 17.8 Å². The molecule has 0 aromatic rings. The van der Waals surface area contributed by atoms with Crippen LogP contribution in [0.5, 0.6) is 0 Å². The van der Waals surface area contributed by atoms with Crippen LogP contribution in [-0.2, 0) is 14.4 Å². The number of nitrogens with zero attached hydrogens (tertiary/aromatic N) is 1. The lowest BCUT2D eigenvalue weighted by atomic mass is 9.35. The minimum atomic E-state index is -4.49. The van der Waals surface area contributed by atoms with Gasteiger partial charge in [-0.3, -0.25) is 14.4 Å². The molecule has 0 heterocycles. The Morgan fingerprint density at radius 2 is 1.62 bits per heavy atom. The van der Waals surface area contributed by atoms with Gasteiger partial charge in [0.15, 0.2) is 5.78 Å². The summed E-state index contributed by atoms with van der Waals surface area (Å²) in [6.07, 6.45) is 2.90. The van der Waals surface area contributed by atoms with E-state index in [-0.39, 0.29) is 51.6 Å². The van der Waals surface area contributed by atoms with E-state index in [0.717, 1.165) is 19.3 Å². The third-order valence-electron chi connectivity index (χ3n) is 13.7. The number of allylic oxidation sites excluding steroid dienone is 2. The van der Waals surface area contributed by atoms with E-state index in [1.54, 1.807) is 0 Å². The Labute approximate surface area is 248 Å². The molecular weight excluding hydrogens is 541 g/mol. The van der Waals surface area contributed by atoms with Crippen molar-refractivity contribution in [2.45, 2.75) is 112 Å². The van der Waals surface area contributed by atoms with E-state index in [0.29, 0.717) is 38.5 Å². The fraction of sp³-hybridized carbons (Fsp3) is 0.824. The highest BCUT2D eigenvalue weighted by atomic mass is 19.4. The fourth-order valence-corrected chi connectivity index (χ4v) is 11.1. The Morgan fingerprint density at radius 1 is 0.976 bits per heavy atom. The number of fused-ring (bicyclic) bond motifs is 6. The number of amides is 1. The second-order valence-electron chi connectivity index (χ2n) is 16.5. The van der Waals surface area contributed by atoms with Crippen LogP contribution in [0.4, 0.5) is 13.2 Å². The molecule has 0 aromatic heterocycles. The van der Waals surface area contributed by atoms with Crippen molar-refractivity contribution in [3.63, 3.8) is 0 Å². The smallest absolute Gasteiger partial charge is 0.346 e. The molecule has 1 amide bonds. The maximum Gasteiger partial charge on any atom is 0.405 e. The van der Waals surface area contributed by atoms with E-state index < -0.39 is 40.3 Å². The fourth-order valence-electron chi connectivity index (χ4n) is 11.1. The molecule has 8 heteroatoms. The summed E-state index contributed by atoms with van der Waals surface area (Å²) in [5.74, 6) is -1.02. The summed E-state index contributed by atoms with van der Waals surface area (Å²) in [7, 11) is 0. The first-order valence-electron chi connectivity index (χ1n) is 15.7. The average Bonchev–Trinajstić information content (AvgIpc) is 3.01. The molecule has 4 fully saturated rings. The summed E-state index contributed by atoms with van der Waals surface area (Å²) in [5, 5.41) is 12.2. The first kappa shape index (κ1) is 31.3. The normalized spacial score (nSPS) is 44.3. The number of hydrogen-bond acceptors (Lipinski definition) is 4. The van der Waals surface area contributed by atoms with Crippen LogP contribution in [0, 0.1) is 67.5 Å². The molecule has 0 bridgehead atoms. The zero-order valence-corrected chi connectivity index (χ0v) is 26.3. The molecule has 5 aliphatic rings. The SMILES string of the molecule is CC1(C)CC[C@]2(C(=O)NCC(F)(F)F)CC[C@]3(C)C(CC2C1)C(=O)CC1[C@@]2(C)C=C(C#N)C(=O)C(C)(C)C2CC[C@]13C. The second kappa shape index (κ2) is 9.41. The quantitative estimate of drug-likeness (QED) is 0.365. The predicted octanol–water partition coefficient (Wildman–Crippen LogP) is 7.35. The molecule has 4 saturated carbocycles. The molecule has 0 radical (unpaired) electrons. The molecule has 0 spiro atoms. The number of hydrogen-bond donors (Lipinski definition) is 1. The van der Waals surface area contributed by atoms with Crippen molar-refractivity contribution < 1.29 is 27.6 Å². The molecule has 232 valence electrons. The first-order chi connectivity index (χ1) is 19.2. The van der Waals surface area contributed by atoms with Gasteiger partial charge in [-0.05, 0) is 90.8 Å². The average molecular weight is 589 g/mol. The minimum Gasteiger partial charge on any atom is -0.346 e. The van der Waals surface area contributed by atoms with Gasteiger partial charge in [-0.15, -0.1) is 0 Å². The number of carbonyl (C=O) groups is 3. The van der Waals surface area contributed by atoms with E-state index in [1.807, 2.05) is 19.9 Å². The third kappa shape index (κ3) is 4.33. The van der Waals surface area contributed by atoms with E-state index in [9.17, 15) is 32.8 Å². The molecule has 42 heavy (non-hydrogen) atoms. The summed E-state index contributed by atoms with van der Waals surface area (Å²) < 4.78 is 39.6. The van der Waals surface area contributed by atoms with Crippen molar-refractivity contribution >= 4 is 17.5 Å². The topological polar surface area (TPSA) is 87.0 Å². The Balaban J connectivity index is 1.58. The molecule has 0 aromatic carbocycles. The lowest BCUT2D eigenvalue weighted by molar-refractivity contribution is -0.188. The molecule has 1 N–H and O–H groups in total. The zero-order chi connectivity index (χ0) is 31.3. The van der Waals surface area contributed by atoms with Gasteiger partial charge in [0.2, 0.25) is 5.91 Å². The third-order valence-corrected chi connectivity index (χ3v) is 13.7. The Hall–Kier alpha value is -2.17. The van der Waals surface area contributed by atoms with E-state index >= 15 is 0 Å². The van der Waals surface area contributed by atoms with Crippen molar-refractivity contribution in [3.8, 4) is 6.07 Å². The zero-order valence-electron chi connectivity index (χ0n) is 26.3. The lowest BCUT2D eigenvalue weighted by Gasteiger charge is -2.68. The van der Waals surface area contributed by atoms with Crippen molar-refractivity contribution in [1.82, 2.24) is 5.32 Å². The molecule has 8 atom stereocenters.